The highest BCUT2D eigenvalue weighted by Crippen LogP contribution is 2.21. The van der Waals surface area contributed by atoms with E-state index in [0.29, 0.717) is 6.61 Å². The van der Waals surface area contributed by atoms with E-state index in [-0.39, 0.29) is 18.6 Å². The maximum Gasteiger partial charge on any atom is 0.411 e. The standard InChI is InChI=1S/C7H11F3O2/c1-5(6-3-12-6)2-11-4-7(8,9)10/h5-6H,2-4H2,1H3. The fourth-order valence-corrected chi connectivity index (χ4v) is 0.852. The van der Waals surface area contributed by atoms with Crippen molar-refractivity contribution in [3.05, 3.63) is 0 Å². The zero-order chi connectivity index (χ0) is 9.19. The maximum atomic E-state index is 11.6. The summed E-state index contributed by atoms with van der Waals surface area (Å²) in [5.74, 6) is 0.0624. The van der Waals surface area contributed by atoms with Crippen LogP contribution in [0.3, 0.4) is 0 Å². The normalized spacial score (nSPS) is 25.5. The summed E-state index contributed by atoms with van der Waals surface area (Å²) in [5.41, 5.74) is 0. The van der Waals surface area contributed by atoms with Crippen molar-refractivity contribution in [2.24, 2.45) is 5.92 Å². The molecule has 5 heteroatoms. The molecule has 72 valence electrons. The first-order valence-corrected chi connectivity index (χ1v) is 3.75. The van der Waals surface area contributed by atoms with E-state index in [1.54, 1.807) is 0 Å². The minimum atomic E-state index is -4.22. The number of hydrogen-bond donors (Lipinski definition) is 0. The minimum absolute atomic E-state index is 0.0624. The largest absolute Gasteiger partial charge is 0.411 e. The first-order chi connectivity index (χ1) is 5.49. The topological polar surface area (TPSA) is 21.8 Å². The van der Waals surface area contributed by atoms with Gasteiger partial charge in [-0.1, -0.05) is 6.92 Å². The molecule has 0 aromatic heterocycles. The highest BCUT2D eigenvalue weighted by molar-refractivity contribution is 4.75. The van der Waals surface area contributed by atoms with Gasteiger partial charge in [0.2, 0.25) is 0 Å². The van der Waals surface area contributed by atoms with Crippen LogP contribution in [-0.4, -0.2) is 32.1 Å². The molecule has 0 spiro atoms. The Morgan fingerprint density at radius 1 is 1.58 bits per heavy atom. The monoisotopic (exact) mass is 184 g/mol. The molecule has 0 aliphatic carbocycles. The van der Waals surface area contributed by atoms with Crippen molar-refractivity contribution in [1.29, 1.82) is 0 Å². The first kappa shape index (κ1) is 9.80. The van der Waals surface area contributed by atoms with Crippen molar-refractivity contribution < 1.29 is 22.6 Å². The van der Waals surface area contributed by atoms with Gasteiger partial charge in [-0.25, -0.2) is 0 Å². The third kappa shape index (κ3) is 3.92. The number of alkyl halides is 3. The fourth-order valence-electron chi connectivity index (χ4n) is 0.852. The molecule has 0 N–H and O–H groups in total. The Kier molecular flexibility index (Phi) is 2.95. The Labute approximate surface area is 68.6 Å². The Morgan fingerprint density at radius 3 is 2.58 bits per heavy atom. The maximum absolute atomic E-state index is 11.6. The summed E-state index contributed by atoms with van der Waals surface area (Å²) < 4.78 is 44.0. The van der Waals surface area contributed by atoms with E-state index in [4.69, 9.17) is 4.74 Å². The van der Waals surface area contributed by atoms with E-state index in [0.717, 1.165) is 0 Å². The number of hydrogen-bond acceptors (Lipinski definition) is 2. The van der Waals surface area contributed by atoms with Crippen LogP contribution in [0.2, 0.25) is 0 Å². The zero-order valence-corrected chi connectivity index (χ0v) is 6.73. The number of epoxide rings is 1. The van der Waals surface area contributed by atoms with Gasteiger partial charge in [0.1, 0.15) is 6.61 Å². The molecule has 0 saturated carbocycles. The second kappa shape index (κ2) is 3.62. The molecule has 2 unspecified atom stereocenters. The lowest BCUT2D eigenvalue weighted by atomic mass is 10.1. The highest BCUT2D eigenvalue weighted by Gasteiger charge is 2.32. The van der Waals surface area contributed by atoms with E-state index < -0.39 is 12.8 Å². The van der Waals surface area contributed by atoms with Gasteiger partial charge >= 0.3 is 6.18 Å². The average molecular weight is 184 g/mol. The van der Waals surface area contributed by atoms with Gasteiger partial charge in [-0.15, -0.1) is 0 Å². The van der Waals surface area contributed by atoms with Crippen LogP contribution in [0.15, 0.2) is 0 Å². The predicted molar refractivity (Wildman–Crippen MR) is 35.8 cm³/mol. The SMILES string of the molecule is CC(COCC(F)(F)F)C1CO1. The molecule has 2 atom stereocenters. The van der Waals surface area contributed by atoms with Crippen molar-refractivity contribution >= 4 is 0 Å². The van der Waals surface area contributed by atoms with Crippen molar-refractivity contribution in [1.82, 2.24) is 0 Å². The van der Waals surface area contributed by atoms with Gasteiger partial charge in [0.15, 0.2) is 0 Å². The van der Waals surface area contributed by atoms with Crippen LogP contribution in [0.25, 0.3) is 0 Å². The van der Waals surface area contributed by atoms with Crippen molar-refractivity contribution in [2.45, 2.75) is 19.2 Å². The van der Waals surface area contributed by atoms with Crippen LogP contribution < -0.4 is 0 Å². The summed E-state index contributed by atoms with van der Waals surface area (Å²) in [6, 6.07) is 0. The van der Waals surface area contributed by atoms with Gasteiger partial charge < -0.3 is 9.47 Å². The molecule has 12 heavy (non-hydrogen) atoms. The van der Waals surface area contributed by atoms with E-state index in [1.807, 2.05) is 6.92 Å². The van der Waals surface area contributed by atoms with Crippen LogP contribution in [0, 0.1) is 5.92 Å². The Balaban J connectivity index is 2.01. The molecule has 2 nitrogen and oxygen atoms in total. The Morgan fingerprint density at radius 2 is 2.17 bits per heavy atom. The number of halogens is 3. The third-order valence-electron chi connectivity index (χ3n) is 1.64. The van der Waals surface area contributed by atoms with Crippen LogP contribution >= 0.6 is 0 Å². The number of rotatable bonds is 4. The van der Waals surface area contributed by atoms with Crippen LogP contribution in [0.4, 0.5) is 13.2 Å². The van der Waals surface area contributed by atoms with Crippen LogP contribution in [0.5, 0.6) is 0 Å². The molecular weight excluding hydrogens is 173 g/mol. The smallest absolute Gasteiger partial charge is 0.373 e. The van der Waals surface area contributed by atoms with Gasteiger partial charge in [-0.05, 0) is 0 Å². The van der Waals surface area contributed by atoms with Gasteiger partial charge in [0.05, 0.1) is 19.3 Å². The molecule has 1 saturated heterocycles. The molecule has 0 aromatic rings. The summed E-state index contributed by atoms with van der Waals surface area (Å²) >= 11 is 0. The van der Waals surface area contributed by atoms with Crippen molar-refractivity contribution in [3.8, 4) is 0 Å². The highest BCUT2D eigenvalue weighted by atomic mass is 19.4. The van der Waals surface area contributed by atoms with Crippen molar-refractivity contribution in [3.63, 3.8) is 0 Å². The minimum Gasteiger partial charge on any atom is -0.373 e. The van der Waals surface area contributed by atoms with E-state index in [2.05, 4.69) is 4.74 Å². The molecule has 0 aromatic carbocycles. The Bertz CT molecular complexity index is 142. The van der Waals surface area contributed by atoms with Crippen LogP contribution in [-0.2, 0) is 9.47 Å². The van der Waals surface area contributed by atoms with Gasteiger partial charge in [0, 0.05) is 5.92 Å². The molecule has 1 fully saturated rings. The van der Waals surface area contributed by atoms with Crippen LogP contribution in [0.1, 0.15) is 6.92 Å². The van der Waals surface area contributed by atoms with Crippen molar-refractivity contribution in [2.75, 3.05) is 19.8 Å². The van der Waals surface area contributed by atoms with Gasteiger partial charge in [0.25, 0.3) is 0 Å². The lowest BCUT2D eigenvalue weighted by molar-refractivity contribution is -0.176. The molecule has 0 bridgehead atoms. The summed E-state index contributed by atoms with van der Waals surface area (Å²) in [5, 5.41) is 0. The number of ether oxygens (including phenoxy) is 2. The molecule has 1 rings (SSSR count). The Hall–Kier alpha value is -0.290. The summed E-state index contributed by atoms with van der Waals surface area (Å²) in [6.07, 6.45) is -4.11. The average Bonchev–Trinajstić information content (AvgIpc) is 2.64. The molecular formula is C7H11F3O2. The summed E-state index contributed by atoms with van der Waals surface area (Å²) in [4.78, 5) is 0. The second-order valence-corrected chi connectivity index (χ2v) is 2.98. The fraction of sp³-hybridized carbons (Fsp3) is 1.00. The second-order valence-electron chi connectivity index (χ2n) is 2.98. The predicted octanol–water partition coefficient (Wildman–Crippen LogP) is 1.60. The summed E-state index contributed by atoms with van der Waals surface area (Å²) in [7, 11) is 0. The lowest BCUT2D eigenvalue weighted by Crippen LogP contribution is -2.21. The summed E-state index contributed by atoms with van der Waals surface area (Å²) in [6.45, 7) is 1.42. The molecule has 1 aliphatic heterocycles. The quantitative estimate of drug-likeness (QED) is 0.619. The first-order valence-electron chi connectivity index (χ1n) is 3.75. The molecule has 1 aliphatic rings. The van der Waals surface area contributed by atoms with E-state index >= 15 is 0 Å². The van der Waals surface area contributed by atoms with Gasteiger partial charge in [-0.3, -0.25) is 0 Å². The lowest BCUT2D eigenvalue weighted by Gasteiger charge is -2.10. The zero-order valence-electron chi connectivity index (χ0n) is 6.73. The van der Waals surface area contributed by atoms with E-state index in [1.165, 1.54) is 0 Å². The van der Waals surface area contributed by atoms with Gasteiger partial charge in [-0.2, -0.15) is 13.2 Å². The van der Waals surface area contributed by atoms with E-state index in [9.17, 15) is 13.2 Å². The third-order valence-corrected chi connectivity index (χ3v) is 1.64. The molecule has 0 amide bonds. The molecule has 1 heterocycles. The molecule has 0 radical (unpaired) electrons.